The van der Waals surface area contributed by atoms with Gasteiger partial charge in [-0.2, -0.15) is 0 Å². The number of hydrogen-bond acceptors (Lipinski definition) is 5. The minimum atomic E-state index is -0.0591. The number of anilines is 2. The van der Waals surface area contributed by atoms with E-state index in [0.717, 1.165) is 28.2 Å². The van der Waals surface area contributed by atoms with E-state index < -0.39 is 0 Å². The first kappa shape index (κ1) is 19.9. The molecule has 0 fully saturated rings. The van der Waals surface area contributed by atoms with Crippen molar-refractivity contribution in [1.82, 2.24) is 14.8 Å². The Hall–Kier alpha value is -2.80. The fourth-order valence-electron chi connectivity index (χ4n) is 3.25. The summed E-state index contributed by atoms with van der Waals surface area (Å²) in [6.45, 7) is 8.80. The number of nitrogens with one attached hydrogen (secondary N) is 1. The smallest absolute Gasteiger partial charge is 0.234 e. The number of rotatable bonds is 6. The molecule has 3 aromatic rings. The molecular weight excluding hydrogens is 370 g/mol. The number of amides is 1. The van der Waals surface area contributed by atoms with E-state index in [2.05, 4.69) is 34.6 Å². The summed E-state index contributed by atoms with van der Waals surface area (Å²) < 4.78 is 2.00. The molecule has 0 radical (unpaired) electrons. The highest BCUT2D eigenvalue weighted by atomic mass is 32.2. The van der Waals surface area contributed by atoms with E-state index in [1.165, 1.54) is 17.3 Å². The third kappa shape index (κ3) is 4.36. The van der Waals surface area contributed by atoms with Crippen molar-refractivity contribution < 1.29 is 4.79 Å². The number of thioether (sulfide) groups is 1. The van der Waals surface area contributed by atoms with Gasteiger partial charge in [0.25, 0.3) is 0 Å². The van der Waals surface area contributed by atoms with Crippen molar-refractivity contribution in [2.75, 3.05) is 16.8 Å². The predicted octanol–water partition coefficient (Wildman–Crippen LogP) is 4.20. The van der Waals surface area contributed by atoms with Crippen molar-refractivity contribution in [1.29, 1.82) is 0 Å². The van der Waals surface area contributed by atoms with Crippen molar-refractivity contribution >= 4 is 29.0 Å². The first-order valence-corrected chi connectivity index (χ1v) is 10.2. The maximum Gasteiger partial charge on any atom is 0.234 e. The Morgan fingerprint density at radius 1 is 1.14 bits per heavy atom. The second-order valence-corrected chi connectivity index (χ2v) is 7.73. The molecule has 0 unspecified atom stereocenters. The molecule has 0 aliphatic rings. The van der Waals surface area contributed by atoms with E-state index in [0.29, 0.717) is 17.4 Å². The van der Waals surface area contributed by atoms with Gasteiger partial charge in [-0.25, -0.2) is 0 Å². The molecule has 0 spiro atoms. The molecule has 1 aromatic heterocycles. The maximum atomic E-state index is 12.5. The number of aromatic nitrogens is 3. The van der Waals surface area contributed by atoms with Crippen LogP contribution in [0.15, 0.2) is 41.6 Å². The third-order valence-electron chi connectivity index (χ3n) is 4.45. The van der Waals surface area contributed by atoms with E-state index in [4.69, 9.17) is 5.73 Å². The summed E-state index contributed by atoms with van der Waals surface area (Å²) in [5.74, 6) is 0.959. The minimum Gasteiger partial charge on any atom is -0.399 e. The highest BCUT2D eigenvalue weighted by molar-refractivity contribution is 7.99. The van der Waals surface area contributed by atoms with Crippen LogP contribution in [0.3, 0.4) is 0 Å². The van der Waals surface area contributed by atoms with E-state index in [-0.39, 0.29) is 11.7 Å². The first-order chi connectivity index (χ1) is 13.4. The van der Waals surface area contributed by atoms with Crippen LogP contribution >= 0.6 is 11.8 Å². The van der Waals surface area contributed by atoms with Crippen LogP contribution < -0.4 is 11.1 Å². The Morgan fingerprint density at radius 2 is 1.86 bits per heavy atom. The summed E-state index contributed by atoms with van der Waals surface area (Å²) in [6, 6.07) is 11.7. The van der Waals surface area contributed by atoms with Gasteiger partial charge < -0.3 is 15.6 Å². The number of nitrogen functional groups attached to an aromatic ring is 1. The number of benzene rings is 2. The van der Waals surface area contributed by atoms with Crippen molar-refractivity contribution in [2.24, 2.45) is 0 Å². The van der Waals surface area contributed by atoms with Gasteiger partial charge in [-0.3, -0.25) is 4.79 Å². The SMILES string of the molecule is CCn1c(SCC(=O)Nc2c(C)cc(C)cc2C)nnc1-c1cccc(N)c1. The van der Waals surface area contributed by atoms with Gasteiger partial charge in [-0.05, 0) is 51.0 Å². The van der Waals surface area contributed by atoms with Crippen LogP contribution in [0.4, 0.5) is 11.4 Å². The standard InChI is InChI=1S/C21H25N5OS/c1-5-26-20(16-7-6-8-17(22)11-16)24-25-21(26)28-12-18(27)23-19-14(3)9-13(2)10-15(19)4/h6-11H,5,12,22H2,1-4H3,(H,23,27). The van der Waals surface area contributed by atoms with Gasteiger partial charge in [0.05, 0.1) is 5.75 Å². The van der Waals surface area contributed by atoms with Gasteiger partial charge in [-0.1, -0.05) is 41.6 Å². The summed E-state index contributed by atoms with van der Waals surface area (Å²) in [6.07, 6.45) is 0. The molecule has 1 amide bonds. The topological polar surface area (TPSA) is 85.8 Å². The number of aryl methyl sites for hydroxylation is 3. The molecule has 6 nitrogen and oxygen atoms in total. The van der Waals surface area contributed by atoms with Crippen LogP contribution in [0.25, 0.3) is 11.4 Å². The largest absolute Gasteiger partial charge is 0.399 e. The van der Waals surface area contributed by atoms with Gasteiger partial charge in [0.1, 0.15) is 0 Å². The summed E-state index contributed by atoms with van der Waals surface area (Å²) in [7, 11) is 0. The maximum absolute atomic E-state index is 12.5. The van der Waals surface area contributed by atoms with Crippen molar-refractivity contribution in [2.45, 2.75) is 39.4 Å². The van der Waals surface area contributed by atoms with Gasteiger partial charge >= 0.3 is 0 Å². The Morgan fingerprint density at radius 3 is 2.50 bits per heavy atom. The van der Waals surface area contributed by atoms with Crippen LogP contribution in [0.2, 0.25) is 0 Å². The van der Waals surface area contributed by atoms with Gasteiger partial charge in [0.15, 0.2) is 11.0 Å². The minimum absolute atomic E-state index is 0.0591. The summed E-state index contributed by atoms with van der Waals surface area (Å²) in [5, 5.41) is 12.3. The molecule has 0 aliphatic heterocycles. The molecular formula is C21H25N5OS. The van der Waals surface area contributed by atoms with Gasteiger partial charge in [0.2, 0.25) is 5.91 Å². The first-order valence-electron chi connectivity index (χ1n) is 9.18. The van der Waals surface area contributed by atoms with Gasteiger partial charge in [-0.15, -0.1) is 10.2 Å². The third-order valence-corrected chi connectivity index (χ3v) is 5.42. The Kier molecular flexibility index (Phi) is 6.04. The van der Waals surface area contributed by atoms with E-state index in [1.807, 2.05) is 49.6 Å². The van der Waals surface area contributed by atoms with Crippen molar-refractivity contribution in [3.8, 4) is 11.4 Å². The zero-order chi connectivity index (χ0) is 20.3. The number of nitrogens with zero attached hydrogens (tertiary/aromatic N) is 3. The van der Waals surface area contributed by atoms with E-state index in [9.17, 15) is 4.79 Å². The summed E-state index contributed by atoms with van der Waals surface area (Å²) >= 11 is 1.38. The lowest BCUT2D eigenvalue weighted by atomic mass is 10.1. The molecule has 2 aromatic carbocycles. The average Bonchev–Trinajstić information content (AvgIpc) is 3.06. The van der Waals surface area contributed by atoms with E-state index in [1.54, 1.807) is 0 Å². The van der Waals surface area contributed by atoms with Crippen LogP contribution in [0, 0.1) is 20.8 Å². The highest BCUT2D eigenvalue weighted by Crippen LogP contribution is 2.26. The van der Waals surface area contributed by atoms with Crippen molar-refractivity contribution in [3.05, 3.63) is 53.1 Å². The van der Waals surface area contributed by atoms with E-state index >= 15 is 0 Å². The molecule has 0 saturated carbocycles. The zero-order valence-electron chi connectivity index (χ0n) is 16.6. The van der Waals surface area contributed by atoms with Crippen molar-refractivity contribution in [3.63, 3.8) is 0 Å². The monoisotopic (exact) mass is 395 g/mol. The predicted molar refractivity (Wildman–Crippen MR) is 116 cm³/mol. The number of carbonyl (C=O) groups excluding carboxylic acids is 1. The summed E-state index contributed by atoms with van der Waals surface area (Å²) in [4.78, 5) is 12.5. The average molecular weight is 396 g/mol. The molecule has 0 aliphatic carbocycles. The van der Waals surface area contributed by atoms with Crippen LogP contribution in [0.1, 0.15) is 23.6 Å². The Bertz CT molecular complexity index is 989. The molecule has 1 heterocycles. The molecule has 7 heteroatoms. The number of nitrogens with two attached hydrogens (primary N) is 1. The molecule has 0 saturated heterocycles. The molecule has 0 atom stereocenters. The van der Waals surface area contributed by atoms with Gasteiger partial charge in [0, 0.05) is 23.5 Å². The normalized spacial score (nSPS) is 10.9. The lowest BCUT2D eigenvalue weighted by Gasteiger charge is -2.13. The summed E-state index contributed by atoms with van der Waals surface area (Å²) in [5.41, 5.74) is 11.7. The number of hydrogen-bond donors (Lipinski definition) is 2. The Balaban J connectivity index is 1.72. The Labute approximate surface area is 169 Å². The second kappa shape index (κ2) is 8.48. The zero-order valence-corrected chi connectivity index (χ0v) is 17.4. The molecule has 3 rings (SSSR count). The quantitative estimate of drug-likeness (QED) is 0.482. The molecule has 28 heavy (non-hydrogen) atoms. The molecule has 146 valence electrons. The second-order valence-electron chi connectivity index (χ2n) is 6.79. The number of carbonyl (C=O) groups is 1. The highest BCUT2D eigenvalue weighted by Gasteiger charge is 2.15. The molecule has 0 bridgehead atoms. The van der Waals surface area contributed by atoms with Crippen LogP contribution in [-0.2, 0) is 11.3 Å². The lowest BCUT2D eigenvalue weighted by molar-refractivity contribution is -0.113. The fraction of sp³-hybridized carbons (Fsp3) is 0.286. The van der Waals surface area contributed by atoms with Crippen LogP contribution in [0.5, 0.6) is 0 Å². The lowest BCUT2D eigenvalue weighted by Crippen LogP contribution is -2.16. The molecule has 3 N–H and O–H groups in total. The fourth-order valence-corrected chi connectivity index (χ4v) is 4.06. The van der Waals surface area contributed by atoms with Crippen LogP contribution in [-0.4, -0.2) is 26.4 Å².